The Balaban J connectivity index is 1.71. The van der Waals surface area contributed by atoms with Crippen LogP contribution in [0.25, 0.3) is 0 Å². The van der Waals surface area contributed by atoms with Crippen molar-refractivity contribution in [1.82, 2.24) is 10.3 Å². The maximum absolute atomic E-state index is 14.3. The van der Waals surface area contributed by atoms with Gasteiger partial charge in [0.2, 0.25) is 15.0 Å². The molecule has 0 aromatic heterocycles. The van der Waals surface area contributed by atoms with Crippen LogP contribution in [0.4, 0.5) is 8.78 Å². The summed E-state index contributed by atoms with van der Waals surface area (Å²) in [6.45, 7) is 0. The quantitative estimate of drug-likeness (QED) is 0.878. The molecule has 2 heterocycles. The van der Waals surface area contributed by atoms with Gasteiger partial charge >= 0.3 is 0 Å². The largest absolute Gasteiger partial charge is 0.335 e. The molecule has 2 fully saturated rings. The van der Waals surface area contributed by atoms with E-state index in [0.29, 0.717) is 12.8 Å². The Morgan fingerprint density at radius 3 is 2.78 bits per heavy atom. The third-order valence-electron chi connectivity index (χ3n) is 4.45. The van der Waals surface area contributed by atoms with Crippen LogP contribution in [-0.4, -0.2) is 36.2 Å². The van der Waals surface area contributed by atoms with Crippen molar-refractivity contribution >= 4 is 26.6 Å². The summed E-state index contributed by atoms with van der Waals surface area (Å²) >= 11 is 5.79. The van der Waals surface area contributed by atoms with E-state index in [-0.39, 0.29) is 22.2 Å². The molecule has 1 unspecified atom stereocenters. The molecule has 0 spiro atoms. The predicted octanol–water partition coefficient (Wildman–Crippen LogP) is 2.34. The smallest absolute Gasteiger partial charge is 0.241 e. The molecule has 1 N–H and O–H groups in total. The van der Waals surface area contributed by atoms with Gasteiger partial charge in [0.15, 0.2) is 0 Å². The summed E-state index contributed by atoms with van der Waals surface area (Å²) in [7, 11) is -3.54. The first kappa shape index (κ1) is 15.1. The van der Waals surface area contributed by atoms with Gasteiger partial charge in [0.1, 0.15) is 18.2 Å². The van der Waals surface area contributed by atoms with Crippen LogP contribution in [0.2, 0.25) is 5.02 Å². The fourth-order valence-corrected chi connectivity index (χ4v) is 4.83. The molecule has 3 atom stereocenters. The van der Waals surface area contributed by atoms with Crippen molar-refractivity contribution in [2.24, 2.45) is 5.10 Å². The maximum atomic E-state index is 14.3. The van der Waals surface area contributed by atoms with E-state index >= 15 is 0 Å². The van der Waals surface area contributed by atoms with Crippen molar-refractivity contribution in [3.05, 3.63) is 34.6 Å². The number of halogens is 3. The third kappa shape index (κ3) is 2.30. The molecule has 4 rings (SSSR count). The Hall–Kier alpha value is -1.41. The van der Waals surface area contributed by atoms with E-state index in [9.17, 15) is 17.2 Å². The summed E-state index contributed by atoms with van der Waals surface area (Å²) in [5.74, 6) is -0.624. The lowest BCUT2D eigenvalue weighted by molar-refractivity contribution is 0.178. The molecular weight excluding hydrogens is 348 g/mol. The van der Waals surface area contributed by atoms with Crippen molar-refractivity contribution < 1.29 is 17.2 Å². The SMILES string of the molecule is O=S(=O)(C1=NN2C(N1)[C@@H](F)C[C@H]2c1cccc(Cl)c1F)C1CC1. The molecule has 0 amide bonds. The average molecular weight is 362 g/mol. The number of fused-ring (bicyclic) bond motifs is 1. The van der Waals surface area contributed by atoms with Crippen LogP contribution < -0.4 is 5.32 Å². The zero-order valence-electron chi connectivity index (χ0n) is 11.9. The van der Waals surface area contributed by atoms with Gasteiger partial charge in [-0.2, -0.15) is 0 Å². The zero-order valence-corrected chi connectivity index (χ0v) is 13.5. The summed E-state index contributed by atoms with van der Waals surface area (Å²) in [6.07, 6.45) is -1.02. The van der Waals surface area contributed by atoms with E-state index in [4.69, 9.17) is 11.6 Å². The van der Waals surface area contributed by atoms with Gasteiger partial charge in [-0.1, -0.05) is 23.7 Å². The van der Waals surface area contributed by atoms with Crippen molar-refractivity contribution in [3.8, 4) is 0 Å². The normalized spacial score (nSPS) is 30.1. The lowest BCUT2D eigenvalue weighted by Gasteiger charge is -2.22. The van der Waals surface area contributed by atoms with Gasteiger partial charge in [-0.15, -0.1) is 5.10 Å². The summed E-state index contributed by atoms with van der Waals surface area (Å²) in [5, 5.41) is 7.34. The first-order valence-electron chi connectivity index (χ1n) is 7.35. The summed E-state index contributed by atoms with van der Waals surface area (Å²) in [5.41, 5.74) is 0.221. The van der Waals surface area contributed by atoms with Crippen LogP contribution in [0.15, 0.2) is 23.3 Å². The van der Waals surface area contributed by atoms with Crippen molar-refractivity contribution in [2.75, 3.05) is 0 Å². The van der Waals surface area contributed by atoms with E-state index in [0.717, 1.165) is 0 Å². The standard InChI is InChI=1S/C14H14ClF2N3O2S/c15-9-3-1-2-8(12(9)17)11-6-10(16)13-18-14(19-20(11)13)23(21,22)7-4-5-7/h1-3,7,10-11,13H,4-6H2,(H,18,19)/t10-,11-,13?/m0/s1. The molecule has 124 valence electrons. The molecule has 2 aliphatic heterocycles. The average Bonchev–Trinajstić information content (AvgIpc) is 3.20. The predicted molar refractivity (Wildman–Crippen MR) is 81.8 cm³/mol. The van der Waals surface area contributed by atoms with Crippen molar-refractivity contribution in [2.45, 2.75) is 42.9 Å². The number of sulfone groups is 1. The summed E-state index contributed by atoms with van der Waals surface area (Å²) in [4.78, 5) is 0. The second-order valence-electron chi connectivity index (χ2n) is 6.03. The number of hydrogen-bond acceptors (Lipinski definition) is 5. The van der Waals surface area contributed by atoms with Crippen molar-refractivity contribution in [3.63, 3.8) is 0 Å². The van der Waals surface area contributed by atoms with Gasteiger partial charge in [0, 0.05) is 12.0 Å². The van der Waals surface area contributed by atoms with E-state index in [1.54, 1.807) is 6.07 Å². The molecule has 5 nitrogen and oxygen atoms in total. The topological polar surface area (TPSA) is 61.8 Å². The Bertz CT molecular complexity index is 797. The summed E-state index contributed by atoms with van der Waals surface area (Å²) < 4.78 is 53.1. The Kier molecular flexibility index (Phi) is 3.32. The lowest BCUT2D eigenvalue weighted by atomic mass is 10.0. The monoisotopic (exact) mass is 361 g/mol. The Morgan fingerprint density at radius 1 is 1.35 bits per heavy atom. The van der Waals surface area contributed by atoms with Gasteiger partial charge in [-0.3, -0.25) is 5.01 Å². The van der Waals surface area contributed by atoms with Crippen LogP contribution in [0.3, 0.4) is 0 Å². The molecule has 1 saturated carbocycles. The zero-order chi connectivity index (χ0) is 16.4. The highest BCUT2D eigenvalue weighted by atomic mass is 35.5. The molecule has 9 heteroatoms. The maximum Gasteiger partial charge on any atom is 0.241 e. The molecule has 3 aliphatic rings. The van der Waals surface area contributed by atoms with Gasteiger partial charge < -0.3 is 5.32 Å². The number of alkyl halides is 1. The number of amidine groups is 1. The van der Waals surface area contributed by atoms with Crippen LogP contribution in [0, 0.1) is 5.82 Å². The number of nitrogens with zero attached hydrogens (tertiary/aromatic N) is 2. The first-order valence-corrected chi connectivity index (χ1v) is 9.27. The lowest BCUT2D eigenvalue weighted by Crippen LogP contribution is -2.42. The van der Waals surface area contributed by atoms with Crippen LogP contribution in [0.5, 0.6) is 0 Å². The van der Waals surface area contributed by atoms with E-state index in [1.807, 2.05) is 0 Å². The molecular formula is C14H14ClF2N3O2S. The minimum absolute atomic E-state index is 0.0230. The van der Waals surface area contributed by atoms with Crippen LogP contribution in [0.1, 0.15) is 30.9 Å². The molecule has 1 aliphatic carbocycles. The van der Waals surface area contributed by atoms with E-state index in [1.165, 1.54) is 17.1 Å². The minimum atomic E-state index is -3.54. The van der Waals surface area contributed by atoms with Crippen LogP contribution in [-0.2, 0) is 9.84 Å². The van der Waals surface area contributed by atoms with Gasteiger partial charge in [0.25, 0.3) is 0 Å². The molecule has 1 aromatic carbocycles. The highest BCUT2D eigenvalue weighted by Crippen LogP contribution is 2.42. The number of hydrogen-bond donors (Lipinski definition) is 1. The minimum Gasteiger partial charge on any atom is -0.335 e. The van der Waals surface area contributed by atoms with Crippen molar-refractivity contribution in [1.29, 1.82) is 0 Å². The number of nitrogens with one attached hydrogen (secondary N) is 1. The van der Waals surface area contributed by atoms with Crippen LogP contribution >= 0.6 is 11.6 Å². The molecule has 0 radical (unpaired) electrons. The highest BCUT2D eigenvalue weighted by Gasteiger charge is 2.51. The summed E-state index contributed by atoms with van der Waals surface area (Å²) in [6, 6.07) is 3.82. The molecule has 1 saturated heterocycles. The second kappa shape index (κ2) is 5.04. The Morgan fingerprint density at radius 2 is 2.09 bits per heavy atom. The number of rotatable bonds is 2. The van der Waals surface area contributed by atoms with Gasteiger partial charge in [0.05, 0.1) is 16.3 Å². The highest BCUT2D eigenvalue weighted by molar-refractivity contribution is 8.07. The third-order valence-corrected chi connectivity index (χ3v) is 6.83. The van der Waals surface area contributed by atoms with Gasteiger partial charge in [-0.05, 0) is 18.9 Å². The second-order valence-corrected chi connectivity index (χ2v) is 8.58. The molecule has 23 heavy (non-hydrogen) atoms. The number of benzene rings is 1. The Labute approximate surface area is 137 Å². The van der Waals surface area contributed by atoms with E-state index < -0.39 is 39.3 Å². The fourth-order valence-electron chi connectivity index (χ4n) is 3.08. The molecule has 1 aromatic rings. The fraction of sp³-hybridized carbons (Fsp3) is 0.500. The first-order chi connectivity index (χ1) is 10.9. The van der Waals surface area contributed by atoms with Gasteiger partial charge in [-0.25, -0.2) is 17.2 Å². The number of hydrazone groups is 1. The van der Waals surface area contributed by atoms with E-state index in [2.05, 4.69) is 10.4 Å². The molecule has 0 bridgehead atoms.